The van der Waals surface area contributed by atoms with Crippen LogP contribution >= 0.6 is 0 Å². The third kappa shape index (κ3) is 4.20. The maximum absolute atomic E-state index is 10.9. The molecule has 29 heavy (non-hydrogen) atoms. The lowest BCUT2D eigenvalue weighted by atomic mass is 9.95. The quantitative estimate of drug-likeness (QED) is 0.623. The van der Waals surface area contributed by atoms with Crippen molar-refractivity contribution in [1.29, 1.82) is 0 Å². The summed E-state index contributed by atoms with van der Waals surface area (Å²) < 4.78 is 11.3. The van der Waals surface area contributed by atoms with Gasteiger partial charge in [-0.25, -0.2) is 0 Å². The summed E-state index contributed by atoms with van der Waals surface area (Å²) in [4.78, 5) is 15.3. The Morgan fingerprint density at radius 2 is 1.76 bits per heavy atom. The van der Waals surface area contributed by atoms with Gasteiger partial charge in [0.1, 0.15) is 13.2 Å². The zero-order chi connectivity index (χ0) is 19.5. The van der Waals surface area contributed by atoms with Gasteiger partial charge in [0.2, 0.25) is 0 Å². The highest BCUT2D eigenvalue weighted by Gasteiger charge is 2.13. The second kappa shape index (κ2) is 8.71. The third-order valence-electron chi connectivity index (χ3n) is 4.93. The Hall–Kier alpha value is -3.44. The normalized spacial score (nSPS) is 12.5. The summed E-state index contributed by atoms with van der Waals surface area (Å²) in [7, 11) is 0. The van der Waals surface area contributed by atoms with E-state index in [9.17, 15) is 4.79 Å². The van der Waals surface area contributed by atoms with E-state index in [1.165, 1.54) is 5.56 Å². The summed E-state index contributed by atoms with van der Waals surface area (Å²) in [6, 6.07) is 14.2. The Balaban J connectivity index is 0.00000240. The van der Waals surface area contributed by atoms with Crippen LogP contribution in [0.2, 0.25) is 0 Å². The van der Waals surface area contributed by atoms with Crippen molar-refractivity contribution in [3.8, 4) is 22.6 Å². The van der Waals surface area contributed by atoms with Crippen molar-refractivity contribution in [2.24, 2.45) is 0 Å². The summed E-state index contributed by atoms with van der Waals surface area (Å²) in [5.74, 6) is 1.59. The molecular weight excluding hydrogens is 366 g/mol. The fraction of sp³-hybridized carbons (Fsp3) is 0.167. The first-order chi connectivity index (χ1) is 13.7. The highest BCUT2D eigenvalue weighted by Crippen LogP contribution is 2.36. The van der Waals surface area contributed by atoms with Crippen molar-refractivity contribution >= 4 is 18.4 Å². The van der Waals surface area contributed by atoms with E-state index in [0.29, 0.717) is 18.8 Å². The number of pyridine rings is 1. The van der Waals surface area contributed by atoms with Gasteiger partial charge in [-0.15, -0.1) is 0 Å². The maximum Gasteiger partial charge on any atom is 0.161 e. The first-order valence-electron chi connectivity index (χ1n) is 9.25. The molecule has 4 rings (SSSR count). The number of ether oxygens (including phenoxy) is 2. The molecule has 1 aliphatic rings. The molecule has 0 bridgehead atoms. The molecule has 148 valence electrons. The summed E-state index contributed by atoms with van der Waals surface area (Å²) in [5.41, 5.74) is 6.97. The van der Waals surface area contributed by atoms with Gasteiger partial charge in [-0.05, 0) is 65.9 Å². The van der Waals surface area contributed by atoms with Gasteiger partial charge in [0, 0.05) is 11.8 Å². The van der Waals surface area contributed by atoms with Gasteiger partial charge in [-0.2, -0.15) is 0 Å². The van der Waals surface area contributed by atoms with Crippen LogP contribution in [-0.4, -0.2) is 30.0 Å². The van der Waals surface area contributed by atoms with Crippen molar-refractivity contribution < 1.29 is 19.7 Å². The molecule has 0 radical (unpaired) electrons. The molecule has 2 N–H and O–H groups in total. The molecule has 0 amide bonds. The Bertz CT molecular complexity index is 1070. The number of fused-ring (bicyclic) bond motifs is 1. The molecule has 2 heterocycles. The van der Waals surface area contributed by atoms with Crippen LogP contribution in [0.5, 0.6) is 11.5 Å². The predicted octanol–water partition coefficient (Wildman–Crippen LogP) is 4.29. The second-order valence-electron chi connectivity index (χ2n) is 6.80. The van der Waals surface area contributed by atoms with Crippen LogP contribution in [0.4, 0.5) is 0 Å². The van der Waals surface area contributed by atoms with Gasteiger partial charge in [-0.3, -0.25) is 9.78 Å². The number of aryl methyl sites for hydroxylation is 1. The number of hydrogen-bond acceptors (Lipinski definition) is 4. The molecule has 5 heteroatoms. The van der Waals surface area contributed by atoms with Crippen molar-refractivity contribution in [3.63, 3.8) is 0 Å². The average molecular weight is 389 g/mol. The molecular formula is C24H23NO4. The van der Waals surface area contributed by atoms with E-state index in [1.807, 2.05) is 31.2 Å². The number of carbonyl (C=O) groups excluding carboxylic acids is 1. The first-order valence-corrected chi connectivity index (χ1v) is 9.25. The van der Waals surface area contributed by atoms with Crippen LogP contribution in [-0.2, 0) is 0 Å². The second-order valence-corrected chi connectivity index (χ2v) is 6.80. The van der Waals surface area contributed by atoms with Crippen LogP contribution in [0, 0.1) is 13.8 Å². The molecule has 0 saturated heterocycles. The SMILES string of the molecule is Cc1cc(C=O)cnc1/C=C/c1cccc(-c2ccc3c(c2)OCCO3)c1C.O. The standard InChI is InChI=1S/C24H21NO3.H2O/c1-16-12-18(15-26)14-25-22(16)8-6-19-4-3-5-21(17(19)2)20-7-9-23-24(13-20)28-11-10-27-23;/h3-9,12-15H,10-11H2,1-2H3;1H2/b8-6+;. The number of benzene rings is 2. The van der Waals surface area contributed by atoms with E-state index < -0.39 is 0 Å². The molecule has 0 atom stereocenters. The topological polar surface area (TPSA) is 79.9 Å². The number of carbonyl (C=O) groups is 1. The molecule has 3 aromatic rings. The van der Waals surface area contributed by atoms with Crippen molar-refractivity contribution in [3.05, 3.63) is 76.6 Å². The third-order valence-corrected chi connectivity index (χ3v) is 4.93. The summed E-state index contributed by atoms with van der Waals surface area (Å²) >= 11 is 0. The number of nitrogens with zero attached hydrogens (tertiary/aromatic N) is 1. The van der Waals surface area contributed by atoms with Crippen LogP contribution in [0.1, 0.15) is 32.7 Å². The van der Waals surface area contributed by atoms with E-state index in [-0.39, 0.29) is 5.48 Å². The fourth-order valence-electron chi connectivity index (χ4n) is 3.37. The van der Waals surface area contributed by atoms with Gasteiger partial charge in [0.25, 0.3) is 0 Å². The molecule has 1 aliphatic heterocycles. The highest BCUT2D eigenvalue weighted by atomic mass is 16.6. The van der Waals surface area contributed by atoms with Crippen molar-refractivity contribution in [1.82, 2.24) is 4.98 Å². The molecule has 2 aromatic carbocycles. The monoisotopic (exact) mass is 389 g/mol. The zero-order valence-corrected chi connectivity index (χ0v) is 16.4. The first kappa shape index (κ1) is 20.3. The van der Waals surface area contributed by atoms with E-state index in [0.717, 1.165) is 45.7 Å². The van der Waals surface area contributed by atoms with E-state index >= 15 is 0 Å². The van der Waals surface area contributed by atoms with E-state index in [4.69, 9.17) is 9.47 Å². The van der Waals surface area contributed by atoms with Crippen LogP contribution in [0.25, 0.3) is 23.3 Å². The van der Waals surface area contributed by atoms with Crippen molar-refractivity contribution in [2.75, 3.05) is 13.2 Å². The summed E-state index contributed by atoms with van der Waals surface area (Å²) in [6.07, 6.45) is 6.46. The molecule has 5 nitrogen and oxygen atoms in total. The molecule has 0 fully saturated rings. The number of hydrogen-bond donors (Lipinski definition) is 0. The fourth-order valence-corrected chi connectivity index (χ4v) is 3.37. The summed E-state index contributed by atoms with van der Waals surface area (Å²) in [5, 5.41) is 0. The average Bonchev–Trinajstić information content (AvgIpc) is 2.73. The minimum Gasteiger partial charge on any atom is -0.486 e. The van der Waals surface area contributed by atoms with Gasteiger partial charge in [0.15, 0.2) is 17.8 Å². The molecule has 0 unspecified atom stereocenters. The van der Waals surface area contributed by atoms with Gasteiger partial charge in [-0.1, -0.05) is 30.3 Å². The van der Waals surface area contributed by atoms with Gasteiger partial charge < -0.3 is 14.9 Å². The Kier molecular flexibility index (Phi) is 6.10. The molecule has 1 aromatic heterocycles. The Labute approximate surface area is 169 Å². The molecule has 0 aliphatic carbocycles. The smallest absolute Gasteiger partial charge is 0.161 e. The minimum absolute atomic E-state index is 0. The molecule has 0 spiro atoms. The maximum atomic E-state index is 10.9. The van der Waals surface area contributed by atoms with E-state index in [1.54, 1.807) is 6.20 Å². The lowest BCUT2D eigenvalue weighted by Gasteiger charge is -2.19. The molecule has 0 saturated carbocycles. The highest BCUT2D eigenvalue weighted by molar-refractivity contribution is 5.79. The van der Waals surface area contributed by atoms with Gasteiger partial charge >= 0.3 is 0 Å². The largest absolute Gasteiger partial charge is 0.486 e. The predicted molar refractivity (Wildman–Crippen MR) is 115 cm³/mol. The Morgan fingerprint density at radius 1 is 0.966 bits per heavy atom. The van der Waals surface area contributed by atoms with Crippen LogP contribution < -0.4 is 9.47 Å². The lowest BCUT2D eigenvalue weighted by Crippen LogP contribution is -2.15. The van der Waals surface area contributed by atoms with E-state index in [2.05, 4.69) is 42.2 Å². The number of aldehydes is 1. The van der Waals surface area contributed by atoms with Crippen LogP contribution in [0.3, 0.4) is 0 Å². The van der Waals surface area contributed by atoms with Crippen molar-refractivity contribution in [2.45, 2.75) is 13.8 Å². The van der Waals surface area contributed by atoms with Crippen LogP contribution in [0.15, 0.2) is 48.7 Å². The summed E-state index contributed by atoms with van der Waals surface area (Å²) in [6.45, 7) is 5.24. The Morgan fingerprint density at radius 3 is 2.52 bits per heavy atom. The lowest BCUT2D eigenvalue weighted by molar-refractivity contribution is 0.112. The number of rotatable bonds is 4. The van der Waals surface area contributed by atoms with Gasteiger partial charge in [0.05, 0.1) is 5.69 Å². The number of aromatic nitrogens is 1. The zero-order valence-electron chi connectivity index (χ0n) is 16.4. The minimum atomic E-state index is 0.